The van der Waals surface area contributed by atoms with Gasteiger partial charge in [-0.2, -0.15) is 0 Å². The smallest absolute Gasteiger partial charge is 0.338 e. The number of methoxy groups -OCH3 is 1. The van der Waals surface area contributed by atoms with E-state index in [2.05, 4.69) is 32.5 Å². The minimum Gasteiger partial charge on any atom is -0.493 e. The molecule has 0 unspecified atom stereocenters. The SMILES string of the molecule is C#CCOc1c(Br)cc([C@@H]2NC(=O)NC(C)=C2C(=O)OCC)cc1OC. The lowest BCUT2D eigenvalue weighted by molar-refractivity contribution is -0.139. The lowest BCUT2D eigenvalue weighted by Gasteiger charge is -2.28. The van der Waals surface area contributed by atoms with Gasteiger partial charge in [0, 0.05) is 5.70 Å². The first-order valence-corrected chi connectivity index (χ1v) is 8.61. The number of urea groups is 1. The van der Waals surface area contributed by atoms with Gasteiger partial charge in [0.25, 0.3) is 0 Å². The fourth-order valence-electron chi connectivity index (χ4n) is 2.58. The third-order valence-corrected chi connectivity index (χ3v) is 4.24. The number of terminal acetylenes is 1. The minimum absolute atomic E-state index is 0.0749. The number of allylic oxidation sites excluding steroid dienone is 1. The highest BCUT2D eigenvalue weighted by Crippen LogP contribution is 2.40. The number of ether oxygens (including phenoxy) is 3. The third kappa shape index (κ3) is 4.11. The molecule has 0 spiro atoms. The van der Waals surface area contributed by atoms with E-state index in [9.17, 15) is 9.59 Å². The molecule has 0 radical (unpaired) electrons. The second-order valence-corrected chi connectivity index (χ2v) is 6.17. The molecule has 0 aromatic heterocycles. The van der Waals surface area contributed by atoms with E-state index in [4.69, 9.17) is 20.6 Å². The van der Waals surface area contributed by atoms with Gasteiger partial charge in [0.1, 0.15) is 6.61 Å². The fraction of sp³-hybridized carbons (Fsp3) is 0.333. The molecule has 0 fully saturated rings. The van der Waals surface area contributed by atoms with Crippen LogP contribution >= 0.6 is 15.9 Å². The Labute approximate surface area is 160 Å². The van der Waals surface area contributed by atoms with Crippen LogP contribution in [0.5, 0.6) is 11.5 Å². The van der Waals surface area contributed by atoms with Gasteiger partial charge < -0.3 is 24.8 Å². The van der Waals surface area contributed by atoms with Crippen LogP contribution in [0.1, 0.15) is 25.5 Å². The number of hydrogen-bond donors (Lipinski definition) is 2. The lowest BCUT2D eigenvalue weighted by atomic mass is 9.95. The molecule has 1 aliphatic rings. The van der Waals surface area contributed by atoms with Gasteiger partial charge in [0.15, 0.2) is 11.5 Å². The number of amides is 2. The van der Waals surface area contributed by atoms with Crippen molar-refractivity contribution in [3.05, 3.63) is 33.4 Å². The second-order valence-electron chi connectivity index (χ2n) is 5.32. The summed E-state index contributed by atoms with van der Waals surface area (Å²) < 4.78 is 16.6. The molecule has 26 heavy (non-hydrogen) atoms. The Balaban J connectivity index is 2.52. The average Bonchev–Trinajstić information content (AvgIpc) is 2.59. The number of hydrogen-bond acceptors (Lipinski definition) is 5. The van der Waals surface area contributed by atoms with Crippen molar-refractivity contribution in [2.24, 2.45) is 0 Å². The van der Waals surface area contributed by atoms with Crippen molar-refractivity contribution < 1.29 is 23.8 Å². The van der Waals surface area contributed by atoms with Crippen LogP contribution in [0.2, 0.25) is 0 Å². The Morgan fingerprint density at radius 1 is 1.42 bits per heavy atom. The number of benzene rings is 1. The molecule has 2 amide bonds. The monoisotopic (exact) mass is 422 g/mol. The predicted octanol–water partition coefficient (Wildman–Crippen LogP) is 2.66. The molecule has 0 bridgehead atoms. The zero-order chi connectivity index (χ0) is 19.3. The zero-order valence-corrected chi connectivity index (χ0v) is 16.2. The summed E-state index contributed by atoms with van der Waals surface area (Å²) in [6.45, 7) is 3.66. The second kappa shape index (κ2) is 8.63. The maximum atomic E-state index is 12.4. The van der Waals surface area contributed by atoms with Crippen LogP contribution in [-0.4, -0.2) is 32.3 Å². The van der Waals surface area contributed by atoms with E-state index < -0.39 is 18.0 Å². The van der Waals surface area contributed by atoms with Gasteiger partial charge >= 0.3 is 12.0 Å². The first-order valence-electron chi connectivity index (χ1n) is 7.82. The minimum atomic E-state index is -0.699. The summed E-state index contributed by atoms with van der Waals surface area (Å²) in [6, 6.07) is 2.30. The standard InChI is InChI=1S/C18H19BrN2O5/c1-5-7-26-16-12(19)8-11(9-13(16)24-4)15-14(17(22)25-6-2)10(3)20-18(23)21-15/h1,8-9,15H,6-7H2,2-4H3,(H2,20,21,23)/t15-/m0/s1. The molecule has 8 heteroatoms. The fourth-order valence-corrected chi connectivity index (χ4v) is 3.16. The number of halogens is 1. The van der Waals surface area contributed by atoms with Crippen molar-refractivity contribution in [3.63, 3.8) is 0 Å². The third-order valence-electron chi connectivity index (χ3n) is 3.65. The van der Waals surface area contributed by atoms with Crippen LogP contribution in [0, 0.1) is 12.3 Å². The van der Waals surface area contributed by atoms with Gasteiger partial charge in [-0.1, -0.05) is 5.92 Å². The first-order chi connectivity index (χ1) is 12.4. The highest BCUT2D eigenvalue weighted by Gasteiger charge is 2.33. The van der Waals surface area contributed by atoms with Crippen LogP contribution in [0.4, 0.5) is 4.79 Å². The van der Waals surface area contributed by atoms with Gasteiger partial charge in [-0.25, -0.2) is 9.59 Å². The van der Waals surface area contributed by atoms with Crippen LogP contribution in [0.3, 0.4) is 0 Å². The molecule has 1 aromatic rings. The number of nitrogens with one attached hydrogen (secondary N) is 2. The molecular weight excluding hydrogens is 404 g/mol. The van der Waals surface area contributed by atoms with E-state index in [-0.39, 0.29) is 13.2 Å². The number of esters is 1. The summed E-state index contributed by atoms with van der Waals surface area (Å²) in [5.74, 6) is 2.73. The lowest BCUT2D eigenvalue weighted by Crippen LogP contribution is -2.45. The Bertz CT molecular complexity index is 798. The van der Waals surface area contributed by atoms with Gasteiger partial charge in [-0.05, 0) is 47.5 Å². The number of carbonyl (C=O) groups is 2. The molecule has 1 aromatic carbocycles. The van der Waals surface area contributed by atoms with Crippen molar-refractivity contribution >= 4 is 27.9 Å². The predicted molar refractivity (Wildman–Crippen MR) is 98.8 cm³/mol. The highest BCUT2D eigenvalue weighted by molar-refractivity contribution is 9.10. The maximum Gasteiger partial charge on any atom is 0.338 e. The van der Waals surface area contributed by atoms with E-state index in [0.29, 0.717) is 32.8 Å². The Morgan fingerprint density at radius 3 is 2.77 bits per heavy atom. The van der Waals surface area contributed by atoms with Gasteiger partial charge in [-0.15, -0.1) is 6.42 Å². The summed E-state index contributed by atoms with van der Waals surface area (Å²) in [5, 5.41) is 5.33. The van der Waals surface area contributed by atoms with Crippen molar-refractivity contribution in [2.45, 2.75) is 19.9 Å². The largest absolute Gasteiger partial charge is 0.493 e. The van der Waals surface area contributed by atoms with Crippen molar-refractivity contribution in [2.75, 3.05) is 20.3 Å². The van der Waals surface area contributed by atoms with Crippen LogP contribution in [0.25, 0.3) is 0 Å². The molecule has 1 atom stereocenters. The Hall–Kier alpha value is -2.66. The molecule has 0 aliphatic carbocycles. The first kappa shape index (κ1) is 19.7. The van der Waals surface area contributed by atoms with Crippen molar-refractivity contribution in [1.29, 1.82) is 0 Å². The van der Waals surface area contributed by atoms with Crippen LogP contribution in [-0.2, 0) is 9.53 Å². The maximum absolute atomic E-state index is 12.4. The van der Waals surface area contributed by atoms with Crippen LogP contribution < -0.4 is 20.1 Å². The Kier molecular flexibility index (Phi) is 6.52. The van der Waals surface area contributed by atoms with Crippen molar-refractivity contribution in [3.8, 4) is 23.8 Å². The topological polar surface area (TPSA) is 85.9 Å². The van der Waals surface area contributed by atoms with Crippen LogP contribution in [0.15, 0.2) is 27.9 Å². The van der Waals surface area contributed by atoms with E-state index in [1.165, 1.54) is 7.11 Å². The number of rotatable bonds is 6. The van der Waals surface area contributed by atoms with Crippen molar-refractivity contribution in [1.82, 2.24) is 10.6 Å². The van der Waals surface area contributed by atoms with E-state index in [1.807, 2.05) is 0 Å². The molecule has 0 saturated carbocycles. The van der Waals surface area contributed by atoms with Gasteiger partial charge in [0.2, 0.25) is 0 Å². The molecule has 138 valence electrons. The zero-order valence-electron chi connectivity index (χ0n) is 14.6. The summed E-state index contributed by atoms with van der Waals surface area (Å²) in [4.78, 5) is 24.3. The molecule has 1 aliphatic heterocycles. The summed E-state index contributed by atoms with van der Waals surface area (Å²) in [7, 11) is 1.49. The summed E-state index contributed by atoms with van der Waals surface area (Å²) >= 11 is 3.42. The van der Waals surface area contributed by atoms with E-state index in [1.54, 1.807) is 26.0 Å². The molecule has 2 N–H and O–H groups in total. The summed E-state index contributed by atoms with van der Waals surface area (Å²) in [5.41, 5.74) is 1.37. The molecule has 2 rings (SSSR count). The average molecular weight is 423 g/mol. The van der Waals surface area contributed by atoms with E-state index in [0.717, 1.165) is 0 Å². The quantitative estimate of drug-likeness (QED) is 0.543. The van der Waals surface area contributed by atoms with Gasteiger partial charge in [-0.3, -0.25) is 0 Å². The normalized spacial score (nSPS) is 16.3. The molecule has 7 nitrogen and oxygen atoms in total. The number of carbonyl (C=O) groups excluding carboxylic acids is 2. The molecular formula is C18H19BrN2O5. The molecule has 1 heterocycles. The summed E-state index contributed by atoms with van der Waals surface area (Å²) in [6.07, 6.45) is 5.23. The molecule has 0 saturated heterocycles. The van der Waals surface area contributed by atoms with Gasteiger partial charge in [0.05, 0.1) is 29.8 Å². The highest BCUT2D eigenvalue weighted by atomic mass is 79.9. The Morgan fingerprint density at radius 2 is 2.15 bits per heavy atom. The van der Waals surface area contributed by atoms with E-state index >= 15 is 0 Å².